The number of carbonyl (C=O) groups excluding carboxylic acids is 2. The van der Waals surface area contributed by atoms with Crippen molar-refractivity contribution in [3.05, 3.63) is 47.0 Å². The molecule has 28 heavy (non-hydrogen) atoms. The predicted molar refractivity (Wildman–Crippen MR) is 105 cm³/mol. The van der Waals surface area contributed by atoms with Crippen LogP contribution < -0.4 is 0 Å². The van der Waals surface area contributed by atoms with Gasteiger partial charge in [-0.2, -0.15) is 5.10 Å². The van der Waals surface area contributed by atoms with E-state index in [1.807, 2.05) is 27.8 Å². The molecule has 0 fully saturated rings. The van der Waals surface area contributed by atoms with E-state index in [1.165, 1.54) is 0 Å². The summed E-state index contributed by atoms with van der Waals surface area (Å²) >= 11 is 0. The maximum atomic E-state index is 12.7. The Labute approximate surface area is 165 Å². The molecule has 0 unspecified atom stereocenters. The molecule has 3 rings (SSSR count). The summed E-state index contributed by atoms with van der Waals surface area (Å²) < 4.78 is 7.11. The van der Waals surface area contributed by atoms with Crippen LogP contribution in [-0.2, 0) is 35.5 Å². The SMILES string of the molecule is CCOC(=O)c1nn(CC(C)C)c2c1CN(C(=O)CCc1ccccn1)CC2. The first kappa shape index (κ1) is 20.0. The number of fused-ring (bicyclic) bond motifs is 1. The van der Waals surface area contributed by atoms with Crippen LogP contribution in [0.4, 0.5) is 0 Å². The topological polar surface area (TPSA) is 77.3 Å². The van der Waals surface area contributed by atoms with Crippen molar-refractivity contribution < 1.29 is 14.3 Å². The summed E-state index contributed by atoms with van der Waals surface area (Å²) in [4.78, 5) is 31.2. The molecule has 0 spiro atoms. The summed E-state index contributed by atoms with van der Waals surface area (Å²) in [5.74, 6) is 0.0730. The van der Waals surface area contributed by atoms with Gasteiger partial charge in [-0.25, -0.2) is 4.79 Å². The van der Waals surface area contributed by atoms with Crippen molar-refractivity contribution in [3.63, 3.8) is 0 Å². The van der Waals surface area contributed by atoms with Crippen LogP contribution in [-0.4, -0.2) is 44.7 Å². The van der Waals surface area contributed by atoms with E-state index in [-0.39, 0.29) is 5.91 Å². The molecule has 2 aromatic rings. The molecule has 0 radical (unpaired) electrons. The van der Waals surface area contributed by atoms with Gasteiger partial charge < -0.3 is 9.64 Å². The van der Waals surface area contributed by atoms with E-state index >= 15 is 0 Å². The smallest absolute Gasteiger partial charge is 0.359 e. The standard InChI is InChI=1S/C21H28N4O3/c1-4-28-21(27)20-17-14-24(12-10-18(17)25(23-20)13-15(2)3)19(26)9-8-16-7-5-6-11-22-16/h5-7,11,15H,4,8-10,12-14H2,1-3H3. The molecule has 0 N–H and O–H groups in total. The van der Waals surface area contributed by atoms with Crippen LogP contribution >= 0.6 is 0 Å². The molecule has 0 saturated heterocycles. The number of carbonyl (C=O) groups is 2. The van der Waals surface area contributed by atoms with Gasteiger partial charge in [0.25, 0.3) is 0 Å². The molecule has 1 amide bonds. The Morgan fingerprint density at radius 3 is 2.79 bits per heavy atom. The quantitative estimate of drug-likeness (QED) is 0.686. The van der Waals surface area contributed by atoms with Gasteiger partial charge in [0.2, 0.25) is 5.91 Å². The molecular formula is C21H28N4O3. The monoisotopic (exact) mass is 384 g/mol. The Morgan fingerprint density at radius 2 is 2.11 bits per heavy atom. The molecule has 0 aliphatic carbocycles. The number of esters is 1. The van der Waals surface area contributed by atoms with Gasteiger partial charge in [-0.15, -0.1) is 0 Å². The molecule has 0 saturated carbocycles. The normalized spacial score (nSPS) is 13.5. The van der Waals surface area contributed by atoms with Gasteiger partial charge >= 0.3 is 5.97 Å². The largest absolute Gasteiger partial charge is 0.461 e. The summed E-state index contributed by atoms with van der Waals surface area (Å²) in [6, 6.07) is 5.72. The number of nitrogens with zero attached hydrogens (tertiary/aromatic N) is 4. The summed E-state index contributed by atoms with van der Waals surface area (Å²) in [7, 11) is 0. The van der Waals surface area contributed by atoms with E-state index < -0.39 is 5.97 Å². The van der Waals surface area contributed by atoms with E-state index in [9.17, 15) is 9.59 Å². The highest BCUT2D eigenvalue weighted by Gasteiger charge is 2.30. The minimum Gasteiger partial charge on any atom is -0.461 e. The summed E-state index contributed by atoms with van der Waals surface area (Å²) in [5.41, 5.74) is 3.13. The van der Waals surface area contributed by atoms with E-state index in [0.29, 0.717) is 50.6 Å². The summed E-state index contributed by atoms with van der Waals surface area (Å²) in [6.45, 7) is 8.11. The lowest BCUT2D eigenvalue weighted by Crippen LogP contribution is -2.37. The third kappa shape index (κ3) is 4.58. The maximum Gasteiger partial charge on any atom is 0.359 e. The molecule has 2 aromatic heterocycles. The van der Waals surface area contributed by atoms with Gasteiger partial charge in [-0.1, -0.05) is 19.9 Å². The molecule has 1 aliphatic rings. The molecule has 1 aliphatic heterocycles. The minimum atomic E-state index is -0.413. The number of pyridine rings is 1. The van der Waals surface area contributed by atoms with Gasteiger partial charge in [0.05, 0.1) is 6.61 Å². The summed E-state index contributed by atoms with van der Waals surface area (Å²) in [6.07, 6.45) is 3.45. The molecule has 7 heteroatoms. The number of amides is 1. The van der Waals surface area contributed by atoms with Crippen LogP contribution in [0.15, 0.2) is 24.4 Å². The van der Waals surface area contributed by atoms with Crippen molar-refractivity contribution in [2.24, 2.45) is 5.92 Å². The lowest BCUT2D eigenvalue weighted by molar-refractivity contribution is -0.132. The fraction of sp³-hybridized carbons (Fsp3) is 0.524. The Kier molecular flexibility index (Phi) is 6.44. The van der Waals surface area contributed by atoms with Crippen LogP contribution in [0.3, 0.4) is 0 Å². The van der Waals surface area contributed by atoms with Crippen molar-refractivity contribution >= 4 is 11.9 Å². The van der Waals surface area contributed by atoms with E-state index in [1.54, 1.807) is 13.1 Å². The number of hydrogen-bond donors (Lipinski definition) is 0. The molecule has 0 bridgehead atoms. The number of rotatable bonds is 7. The molecule has 0 atom stereocenters. The molecular weight excluding hydrogens is 356 g/mol. The molecule has 150 valence electrons. The van der Waals surface area contributed by atoms with E-state index in [0.717, 1.165) is 23.5 Å². The Hall–Kier alpha value is -2.70. The average Bonchev–Trinajstić information content (AvgIpc) is 3.04. The van der Waals surface area contributed by atoms with E-state index in [4.69, 9.17) is 4.74 Å². The Balaban J connectivity index is 1.75. The fourth-order valence-corrected chi connectivity index (χ4v) is 3.50. The highest BCUT2D eigenvalue weighted by Crippen LogP contribution is 2.25. The first-order valence-electron chi connectivity index (χ1n) is 9.93. The zero-order valence-electron chi connectivity index (χ0n) is 16.9. The second kappa shape index (κ2) is 8.99. The average molecular weight is 384 g/mol. The lowest BCUT2D eigenvalue weighted by Gasteiger charge is -2.28. The number of hydrogen-bond acceptors (Lipinski definition) is 5. The highest BCUT2D eigenvalue weighted by atomic mass is 16.5. The fourth-order valence-electron chi connectivity index (χ4n) is 3.50. The maximum absolute atomic E-state index is 12.7. The third-order valence-corrected chi connectivity index (χ3v) is 4.81. The van der Waals surface area contributed by atoms with Crippen LogP contribution in [0.25, 0.3) is 0 Å². The second-order valence-electron chi connectivity index (χ2n) is 7.46. The first-order valence-corrected chi connectivity index (χ1v) is 9.93. The van der Waals surface area contributed by atoms with Gasteiger partial charge in [0.1, 0.15) is 0 Å². The highest BCUT2D eigenvalue weighted by molar-refractivity contribution is 5.89. The lowest BCUT2D eigenvalue weighted by atomic mass is 10.0. The summed E-state index contributed by atoms with van der Waals surface area (Å²) in [5, 5.41) is 4.53. The molecule has 7 nitrogen and oxygen atoms in total. The second-order valence-corrected chi connectivity index (χ2v) is 7.46. The minimum absolute atomic E-state index is 0.0720. The number of aryl methyl sites for hydroxylation is 1. The van der Waals surface area contributed by atoms with Crippen LogP contribution in [0, 0.1) is 5.92 Å². The molecule has 3 heterocycles. The number of aromatic nitrogens is 3. The van der Waals surface area contributed by atoms with Gasteiger partial charge in [0.15, 0.2) is 5.69 Å². The Bertz CT molecular complexity index is 830. The third-order valence-electron chi connectivity index (χ3n) is 4.81. The van der Waals surface area contributed by atoms with Crippen LogP contribution in [0.2, 0.25) is 0 Å². The zero-order chi connectivity index (χ0) is 20.1. The van der Waals surface area contributed by atoms with Crippen molar-refractivity contribution in [1.29, 1.82) is 0 Å². The van der Waals surface area contributed by atoms with Crippen LogP contribution in [0.5, 0.6) is 0 Å². The van der Waals surface area contributed by atoms with E-state index in [2.05, 4.69) is 23.9 Å². The number of ether oxygens (including phenoxy) is 1. The van der Waals surface area contributed by atoms with Gasteiger partial charge in [0, 0.05) is 55.6 Å². The predicted octanol–water partition coefficient (Wildman–Crippen LogP) is 2.63. The van der Waals surface area contributed by atoms with Crippen molar-refractivity contribution in [1.82, 2.24) is 19.7 Å². The first-order chi connectivity index (χ1) is 13.5. The van der Waals surface area contributed by atoms with Crippen molar-refractivity contribution in [3.8, 4) is 0 Å². The van der Waals surface area contributed by atoms with Crippen LogP contribution in [0.1, 0.15) is 54.6 Å². The zero-order valence-corrected chi connectivity index (χ0v) is 16.9. The van der Waals surface area contributed by atoms with Crippen molar-refractivity contribution in [2.45, 2.75) is 53.1 Å². The van der Waals surface area contributed by atoms with Crippen molar-refractivity contribution in [2.75, 3.05) is 13.2 Å². The Morgan fingerprint density at radius 1 is 1.29 bits per heavy atom. The van der Waals surface area contributed by atoms with Gasteiger partial charge in [-0.05, 0) is 31.4 Å². The van der Waals surface area contributed by atoms with Gasteiger partial charge in [-0.3, -0.25) is 14.5 Å². The molecule has 0 aromatic carbocycles.